The molecule has 5 nitrogen and oxygen atoms in total. The molecule has 6 heteroatoms. The van der Waals surface area contributed by atoms with Crippen LogP contribution in [-0.4, -0.2) is 16.0 Å². The molecule has 140 valence electrons. The lowest BCUT2D eigenvalue weighted by atomic mass is 9.87. The van der Waals surface area contributed by atoms with E-state index in [0.29, 0.717) is 22.3 Å². The van der Waals surface area contributed by atoms with E-state index in [0.717, 1.165) is 5.56 Å². The fraction of sp³-hybridized carbons (Fsp3) is 0.286. The first-order valence-electron chi connectivity index (χ1n) is 8.75. The largest absolute Gasteiger partial charge is 0.341 e. The summed E-state index contributed by atoms with van der Waals surface area (Å²) in [4.78, 5) is 16.7. The number of carbonyl (C=O) groups is 1. The highest BCUT2D eigenvalue weighted by Crippen LogP contribution is 2.25. The molecule has 0 bridgehead atoms. The van der Waals surface area contributed by atoms with Crippen LogP contribution in [-0.2, 0) is 5.41 Å². The predicted molar refractivity (Wildman–Crippen MR) is 106 cm³/mol. The van der Waals surface area contributed by atoms with Crippen molar-refractivity contribution in [3.05, 3.63) is 70.6 Å². The third-order valence-corrected chi connectivity index (χ3v) is 4.49. The predicted octanol–water partition coefficient (Wildman–Crippen LogP) is 5.18. The second-order valence-corrected chi connectivity index (χ2v) is 7.93. The molecule has 3 rings (SSSR count). The third kappa shape index (κ3) is 4.55. The van der Waals surface area contributed by atoms with Crippen LogP contribution in [0, 0.1) is 0 Å². The number of hydrogen-bond donors (Lipinski definition) is 1. The molecule has 0 aliphatic carbocycles. The van der Waals surface area contributed by atoms with Gasteiger partial charge in [-0.15, -0.1) is 0 Å². The van der Waals surface area contributed by atoms with Gasteiger partial charge < -0.3 is 9.84 Å². The highest BCUT2D eigenvalue weighted by molar-refractivity contribution is 6.30. The smallest absolute Gasteiger partial charge is 0.251 e. The molecule has 1 aromatic heterocycles. The van der Waals surface area contributed by atoms with E-state index in [2.05, 4.69) is 48.4 Å². The van der Waals surface area contributed by atoms with E-state index in [4.69, 9.17) is 16.1 Å². The van der Waals surface area contributed by atoms with Gasteiger partial charge in [0.05, 0.1) is 0 Å². The van der Waals surface area contributed by atoms with E-state index >= 15 is 0 Å². The molecule has 2 aromatic carbocycles. The summed E-state index contributed by atoms with van der Waals surface area (Å²) in [5.74, 6) is 0.592. The lowest BCUT2D eigenvalue weighted by Gasteiger charge is -2.18. The maximum absolute atomic E-state index is 12.3. The molecule has 0 fully saturated rings. The molecule has 0 saturated heterocycles. The summed E-state index contributed by atoms with van der Waals surface area (Å²) >= 11 is 5.93. The maximum atomic E-state index is 12.3. The van der Waals surface area contributed by atoms with Gasteiger partial charge in [-0.2, -0.15) is 4.98 Å². The minimum absolute atomic E-state index is 0.0834. The van der Waals surface area contributed by atoms with Crippen LogP contribution in [0.5, 0.6) is 0 Å². The van der Waals surface area contributed by atoms with Crippen LogP contribution < -0.4 is 5.32 Å². The van der Waals surface area contributed by atoms with Crippen molar-refractivity contribution in [1.82, 2.24) is 15.5 Å². The quantitative estimate of drug-likeness (QED) is 0.674. The van der Waals surface area contributed by atoms with Gasteiger partial charge in [-0.3, -0.25) is 4.79 Å². The molecule has 0 spiro atoms. The van der Waals surface area contributed by atoms with E-state index in [1.165, 1.54) is 5.56 Å². The highest BCUT2D eigenvalue weighted by Gasteiger charge is 2.19. The van der Waals surface area contributed by atoms with Crippen molar-refractivity contribution in [3.63, 3.8) is 0 Å². The average molecular weight is 384 g/mol. The number of nitrogens with one attached hydrogen (secondary N) is 1. The molecule has 0 aliphatic rings. The van der Waals surface area contributed by atoms with Crippen LogP contribution >= 0.6 is 11.6 Å². The number of halogens is 1. The lowest BCUT2D eigenvalue weighted by Crippen LogP contribution is -2.26. The molecule has 0 aliphatic heterocycles. The normalized spacial score (nSPS) is 12.6. The SMILES string of the molecule is C[C@@H](NC(=O)c1cccc(Cl)c1)c1nc(-c2ccc(C(C)(C)C)cc2)no1. The first-order valence-corrected chi connectivity index (χ1v) is 9.13. The summed E-state index contributed by atoms with van der Waals surface area (Å²) in [6, 6.07) is 14.4. The number of nitrogens with zero attached hydrogens (tertiary/aromatic N) is 2. The molecule has 1 atom stereocenters. The average Bonchev–Trinajstić information content (AvgIpc) is 3.11. The van der Waals surface area contributed by atoms with E-state index < -0.39 is 6.04 Å². The van der Waals surface area contributed by atoms with Crippen molar-refractivity contribution in [2.75, 3.05) is 0 Å². The van der Waals surface area contributed by atoms with Crippen LogP contribution in [0.25, 0.3) is 11.4 Å². The van der Waals surface area contributed by atoms with E-state index in [1.807, 2.05) is 12.1 Å². The summed E-state index contributed by atoms with van der Waals surface area (Å²) in [6.45, 7) is 8.29. The topological polar surface area (TPSA) is 68.0 Å². The van der Waals surface area contributed by atoms with Crippen LogP contribution in [0.15, 0.2) is 53.1 Å². The Balaban J connectivity index is 1.72. The first-order chi connectivity index (χ1) is 12.7. The zero-order valence-corrected chi connectivity index (χ0v) is 16.5. The van der Waals surface area contributed by atoms with Gasteiger partial charge in [0.15, 0.2) is 0 Å². The summed E-state index contributed by atoms with van der Waals surface area (Å²) in [7, 11) is 0. The summed E-state index contributed by atoms with van der Waals surface area (Å²) in [6.07, 6.45) is 0. The van der Waals surface area contributed by atoms with Gasteiger partial charge in [-0.05, 0) is 36.1 Å². The summed E-state index contributed by atoms with van der Waals surface area (Å²) in [5, 5.41) is 7.38. The van der Waals surface area contributed by atoms with Crippen LogP contribution in [0.1, 0.15) is 55.5 Å². The van der Waals surface area contributed by atoms with E-state index in [9.17, 15) is 4.79 Å². The second kappa shape index (κ2) is 7.53. The Morgan fingerprint density at radius 3 is 2.48 bits per heavy atom. The monoisotopic (exact) mass is 383 g/mol. The Bertz CT molecular complexity index is 943. The van der Waals surface area contributed by atoms with Gasteiger partial charge in [0.2, 0.25) is 11.7 Å². The fourth-order valence-electron chi connectivity index (χ4n) is 2.62. The van der Waals surface area contributed by atoms with Gasteiger partial charge in [-0.25, -0.2) is 0 Å². The van der Waals surface area contributed by atoms with Gasteiger partial charge in [0.1, 0.15) is 6.04 Å². The summed E-state index contributed by atoms with van der Waals surface area (Å²) in [5.41, 5.74) is 2.66. The zero-order chi connectivity index (χ0) is 19.6. The van der Waals surface area contributed by atoms with Gasteiger partial charge in [0, 0.05) is 16.1 Å². The highest BCUT2D eigenvalue weighted by atomic mass is 35.5. The molecular weight excluding hydrogens is 362 g/mol. The molecular formula is C21H22ClN3O2. The van der Waals surface area contributed by atoms with Crippen molar-refractivity contribution >= 4 is 17.5 Å². The Morgan fingerprint density at radius 1 is 1.15 bits per heavy atom. The van der Waals surface area contributed by atoms with Crippen LogP contribution in [0.3, 0.4) is 0 Å². The molecule has 1 heterocycles. The molecule has 3 aromatic rings. The van der Waals surface area contributed by atoms with Crippen molar-refractivity contribution in [1.29, 1.82) is 0 Å². The van der Waals surface area contributed by atoms with Crippen LogP contribution in [0.2, 0.25) is 5.02 Å². The Morgan fingerprint density at radius 2 is 1.85 bits per heavy atom. The third-order valence-electron chi connectivity index (χ3n) is 4.26. The van der Waals surface area contributed by atoms with Gasteiger partial charge >= 0.3 is 0 Å². The minimum Gasteiger partial charge on any atom is -0.341 e. The Labute approximate surface area is 163 Å². The van der Waals surface area contributed by atoms with Gasteiger partial charge in [-0.1, -0.05) is 67.9 Å². The van der Waals surface area contributed by atoms with Crippen LogP contribution in [0.4, 0.5) is 0 Å². The molecule has 1 amide bonds. The fourth-order valence-corrected chi connectivity index (χ4v) is 2.81. The first kappa shape index (κ1) is 19.1. The second-order valence-electron chi connectivity index (χ2n) is 7.49. The Hall–Kier alpha value is -2.66. The summed E-state index contributed by atoms with van der Waals surface area (Å²) < 4.78 is 5.34. The molecule has 0 unspecified atom stereocenters. The number of benzene rings is 2. The molecule has 27 heavy (non-hydrogen) atoms. The molecule has 1 N–H and O–H groups in total. The standard InChI is InChI=1S/C21H22ClN3O2/c1-13(23-19(26)15-6-5-7-17(22)12-15)20-24-18(25-27-20)14-8-10-16(11-9-14)21(2,3)4/h5-13H,1-4H3,(H,23,26)/t13-/m1/s1. The number of aromatic nitrogens is 2. The Kier molecular flexibility index (Phi) is 5.33. The number of carbonyl (C=O) groups excluding carboxylic acids is 1. The number of rotatable bonds is 4. The van der Waals surface area contributed by atoms with Crippen molar-refractivity contribution in [3.8, 4) is 11.4 Å². The van der Waals surface area contributed by atoms with Crippen molar-refractivity contribution in [2.45, 2.75) is 39.2 Å². The van der Waals surface area contributed by atoms with Gasteiger partial charge in [0.25, 0.3) is 5.91 Å². The maximum Gasteiger partial charge on any atom is 0.251 e. The number of amides is 1. The van der Waals surface area contributed by atoms with E-state index in [1.54, 1.807) is 31.2 Å². The zero-order valence-electron chi connectivity index (χ0n) is 15.8. The lowest BCUT2D eigenvalue weighted by molar-refractivity contribution is 0.0932. The van der Waals surface area contributed by atoms with E-state index in [-0.39, 0.29) is 11.3 Å². The minimum atomic E-state index is -0.424. The van der Waals surface area contributed by atoms with Crippen molar-refractivity contribution < 1.29 is 9.32 Å². The molecule has 0 saturated carbocycles. The van der Waals surface area contributed by atoms with Crippen molar-refractivity contribution in [2.24, 2.45) is 0 Å². The molecule has 0 radical (unpaired) electrons. The number of hydrogen-bond acceptors (Lipinski definition) is 4.